The van der Waals surface area contributed by atoms with E-state index in [0.29, 0.717) is 5.47 Å². The van der Waals surface area contributed by atoms with Gasteiger partial charge in [0.15, 0.2) is 11.6 Å². The second kappa shape index (κ2) is 5.44. The molecule has 1 aromatic carbocycles. The van der Waals surface area contributed by atoms with Gasteiger partial charge in [-0.2, -0.15) is 0 Å². The fraction of sp³-hybridized carbons (Fsp3) is 0.467. The Bertz CT molecular complexity index is 553. The number of benzene rings is 1. The van der Waals surface area contributed by atoms with Crippen molar-refractivity contribution in [2.24, 2.45) is 0 Å². The van der Waals surface area contributed by atoms with Crippen molar-refractivity contribution in [3.8, 4) is 5.75 Å². The lowest BCUT2D eigenvalue weighted by Gasteiger charge is -2.32. The lowest BCUT2D eigenvalue weighted by atomic mass is 9.77. The van der Waals surface area contributed by atoms with Gasteiger partial charge in [0.2, 0.25) is 0 Å². The van der Waals surface area contributed by atoms with E-state index < -0.39 is 29.9 Å². The SMILES string of the molecule is CC1(C)OB(C(=Cc2cccc(O)c2F)CO)OC1(C)C. The molecule has 6 heteroatoms. The molecule has 2 rings (SSSR count). The standard InChI is InChI=1S/C15H20BFO4/c1-14(2)15(3,4)21-16(20-14)11(9-18)8-10-6-5-7-12(19)13(10)17/h5-8,18-19H,9H2,1-4H3. The Hall–Kier alpha value is -1.37. The van der Waals surface area contributed by atoms with E-state index in [1.807, 2.05) is 27.7 Å². The van der Waals surface area contributed by atoms with Crippen molar-refractivity contribution >= 4 is 13.2 Å². The van der Waals surface area contributed by atoms with Crippen LogP contribution in [-0.2, 0) is 9.31 Å². The molecule has 0 amide bonds. The molecule has 0 atom stereocenters. The largest absolute Gasteiger partial charge is 0.505 e. The van der Waals surface area contributed by atoms with Crippen molar-refractivity contribution in [3.05, 3.63) is 35.1 Å². The van der Waals surface area contributed by atoms with Crippen LogP contribution >= 0.6 is 0 Å². The van der Waals surface area contributed by atoms with E-state index in [0.717, 1.165) is 0 Å². The number of phenolic OH excluding ortho intramolecular Hbond substituents is 1. The van der Waals surface area contributed by atoms with Gasteiger partial charge in [0.1, 0.15) is 0 Å². The predicted octanol–water partition coefficient (Wildman–Crippen LogP) is 2.54. The summed E-state index contributed by atoms with van der Waals surface area (Å²) in [5.74, 6) is -1.17. The van der Waals surface area contributed by atoms with Crippen molar-refractivity contribution in [1.29, 1.82) is 0 Å². The second-order valence-corrected chi connectivity index (χ2v) is 6.15. The average Bonchev–Trinajstić information content (AvgIpc) is 2.60. The highest BCUT2D eigenvalue weighted by molar-refractivity contribution is 6.55. The molecule has 0 aromatic heterocycles. The first-order valence-corrected chi connectivity index (χ1v) is 6.82. The molecule has 0 unspecified atom stereocenters. The van der Waals surface area contributed by atoms with E-state index in [-0.39, 0.29) is 12.2 Å². The zero-order chi connectivity index (χ0) is 15.8. The second-order valence-electron chi connectivity index (χ2n) is 6.15. The predicted molar refractivity (Wildman–Crippen MR) is 79.2 cm³/mol. The number of halogens is 1. The molecule has 1 saturated heterocycles. The van der Waals surface area contributed by atoms with E-state index in [1.54, 1.807) is 0 Å². The summed E-state index contributed by atoms with van der Waals surface area (Å²) in [6.07, 6.45) is 1.44. The first-order chi connectivity index (χ1) is 9.68. The normalized spacial score (nSPS) is 20.9. The van der Waals surface area contributed by atoms with Crippen LogP contribution in [0.15, 0.2) is 23.7 Å². The summed E-state index contributed by atoms with van der Waals surface area (Å²) in [6, 6.07) is 4.31. The summed E-state index contributed by atoms with van der Waals surface area (Å²) in [7, 11) is -0.748. The number of phenols is 1. The Balaban J connectivity index is 2.33. The zero-order valence-electron chi connectivity index (χ0n) is 12.7. The van der Waals surface area contributed by atoms with E-state index in [4.69, 9.17) is 9.31 Å². The van der Waals surface area contributed by atoms with Crippen molar-refractivity contribution in [1.82, 2.24) is 0 Å². The topological polar surface area (TPSA) is 58.9 Å². The molecule has 4 nitrogen and oxygen atoms in total. The van der Waals surface area contributed by atoms with E-state index in [1.165, 1.54) is 24.3 Å². The van der Waals surface area contributed by atoms with Crippen LogP contribution < -0.4 is 0 Å². The molecular formula is C15H20BFO4. The summed E-state index contributed by atoms with van der Waals surface area (Å²) in [4.78, 5) is 0. The minimum absolute atomic E-state index is 0.175. The van der Waals surface area contributed by atoms with Crippen molar-refractivity contribution in [2.45, 2.75) is 38.9 Å². The van der Waals surface area contributed by atoms with Gasteiger partial charge in [-0.05, 0) is 39.2 Å². The molecule has 1 heterocycles. The third-order valence-electron chi connectivity index (χ3n) is 4.09. The van der Waals surface area contributed by atoms with Gasteiger partial charge in [-0.1, -0.05) is 18.2 Å². The van der Waals surface area contributed by atoms with Crippen LogP contribution in [0.1, 0.15) is 33.3 Å². The maximum atomic E-state index is 13.8. The van der Waals surface area contributed by atoms with Crippen molar-refractivity contribution in [2.75, 3.05) is 6.61 Å². The molecule has 2 N–H and O–H groups in total. The molecule has 1 fully saturated rings. The lowest BCUT2D eigenvalue weighted by molar-refractivity contribution is 0.00578. The molecular weight excluding hydrogens is 274 g/mol. The number of hydrogen-bond donors (Lipinski definition) is 2. The molecule has 0 radical (unpaired) electrons. The molecule has 1 aliphatic heterocycles. The Labute approximate surface area is 124 Å². The quantitative estimate of drug-likeness (QED) is 0.841. The number of rotatable bonds is 3. The van der Waals surface area contributed by atoms with Crippen LogP contribution in [0, 0.1) is 5.82 Å². The maximum Gasteiger partial charge on any atom is 0.492 e. The van der Waals surface area contributed by atoms with Gasteiger partial charge in [-0.3, -0.25) is 0 Å². The van der Waals surface area contributed by atoms with Gasteiger partial charge in [0.05, 0.1) is 17.8 Å². The number of aliphatic hydroxyl groups excluding tert-OH is 1. The fourth-order valence-corrected chi connectivity index (χ4v) is 2.03. The minimum Gasteiger partial charge on any atom is -0.505 e. The summed E-state index contributed by atoms with van der Waals surface area (Å²) in [6.45, 7) is 7.27. The number of aliphatic hydroxyl groups is 1. The summed E-state index contributed by atoms with van der Waals surface area (Å²) >= 11 is 0. The van der Waals surface area contributed by atoms with Gasteiger partial charge in [-0.15, -0.1) is 0 Å². The lowest BCUT2D eigenvalue weighted by Crippen LogP contribution is -2.41. The van der Waals surface area contributed by atoms with E-state index in [9.17, 15) is 14.6 Å². The van der Waals surface area contributed by atoms with Gasteiger partial charge in [0.25, 0.3) is 0 Å². The van der Waals surface area contributed by atoms with Gasteiger partial charge in [-0.25, -0.2) is 4.39 Å². The van der Waals surface area contributed by atoms with Crippen LogP contribution in [0.25, 0.3) is 6.08 Å². The van der Waals surface area contributed by atoms with Crippen LogP contribution in [0.5, 0.6) is 5.75 Å². The summed E-state index contributed by atoms with van der Waals surface area (Å²) < 4.78 is 25.5. The molecule has 1 aromatic rings. The summed E-state index contributed by atoms with van der Waals surface area (Å²) in [5, 5.41) is 18.9. The summed E-state index contributed by atoms with van der Waals surface area (Å²) in [5.41, 5.74) is -0.501. The first-order valence-electron chi connectivity index (χ1n) is 6.82. The van der Waals surface area contributed by atoms with Gasteiger partial charge < -0.3 is 19.5 Å². The zero-order valence-corrected chi connectivity index (χ0v) is 12.7. The van der Waals surface area contributed by atoms with Gasteiger partial charge in [0, 0.05) is 5.56 Å². The Morgan fingerprint density at radius 1 is 1.24 bits per heavy atom. The van der Waals surface area contributed by atoms with Gasteiger partial charge >= 0.3 is 7.12 Å². The monoisotopic (exact) mass is 294 g/mol. The molecule has 0 spiro atoms. The Morgan fingerprint density at radius 3 is 2.33 bits per heavy atom. The maximum absolute atomic E-state index is 13.8. The average molecular weight is 294 g/mol. The van der Waals surface area contributed by atoms with Crippen LogP contribution in [-0.4, -0.2) is 35.1 Å². The third-order valence-corrected chi connectivity index (χ3v) is 4.09. The van der Waals surface area contributed by atoms with Crippen molar-refractivity contribution < 1.29 is 23.9 Å². The highest BCUT2D eigenvalue weighted by atomic mass is 19.1. The molecule has 0 aliphatic carbocycles. The van der Waals surface area contributed by atoms with E-state index in [2.05, 4.69) is 0 Å². The minimum atomic E-state index is -0.748. The molecule has 21 heavy (non-hydrogen) atoms. The van der Waals surface area contributed by atoms with Crippen LogP contribution in [0.4, 0.5) is 4.39 Å². The molecule has 0 saturated carbocycles. The highest BCUT2D eigenvalue weighted by Crippen LogP contribution is 2.38. The smallest absolute Gasteiger partial charge is 0.492 e. The third kappa shape index (κ3) is 2.97. The van der Waals surface area contributed by atoms with Crippen LogP contribution in [0.2, 0.25) is 0 Å². The van der Waals surface area contributed by atoms with E-state index >= 15 is 0 Å². The molecule has 114 valence electrons. The number of aromatic hydroxyl groups is 1. The highest BCUT2D eigenvalue weighted by Gasteiger charge is 2.52. The molecule has 1 aliphatic rings. The van der Waals surface area contributed by atoms with Crippen LogP contribution in [0.3, 0.4) is 0 Å². The first kappa shape index (κ1) is 16.0. The Morgan fingerprint density at radius 2 is 1.81 bits per heavy atom. The molecule has 0 bridgehead atoms. The fourth-order valence-electron chi connectivity index (χ4n) is 2.03. The number of hydrogen-bond acceptors (Lipinski definition) is 4. The van der Waals surface area contributed by atoms with Crippen molar-refractivity contribution in [3.63, 3.8) is 0 Å². The Kier molecular flexibility index (Phi) is 4.15.